The fourth-order valence-electron chi connectivity index (χ4n) is 2.90. The zero-order chi connectivity index (χ0) is 20.1. The van der Waals surface area contributed by atoms with Crippen LogP contribution in [0, 0.1) is 11.6 Å². The molecule has 0 spiro atoms. The van der Waals surface area contributed by atoms with Crippen molar-refractivity contribution in [2.75, 3.05) is 6.61 Å². The van der Waals surface area contributed by atoms with Gasteiger partial charge in [0, 0.05) is 11.8 Å². The molecule has 148 valence electrons. The van der Waals surface area contributed by atoms with E-state index in [9.17, 15) is 8.78 Å². The maximum atomic E-state index is 13.6. The molecule has 2 aromatic carbocycles. The van der Waals surface area contributed by atoms with Crippen molar-refractivity contribution >= 4 is 11.0 Å². The predicted octanol–water partition coefficient (Wildman–Crippen LogP) is 4.57. The van der Waals surface area contributed by atoms with Crippen molar-refractivity contribution in [3.63, 3.8) is 0 Å². The summed E-state index contributed by atoms with van der Waals surface area (Å²) in [6.45, 7) is 0.915. The highest BCUT2D eigenvalue weighted by atomic mass is 19.1. The minimum Gasteiger partial charge on any atom is -0.489 e. The Hall–Kier alpha value is -3.32. The summed E-state index contributed by atoms with van der Waals surface area (Å²) in [5, 5.41) is 0. The van der Waals surface area contributed by atoms with Crippen molar-refractivity contribution in [2.24, 2.45) is 0 Å². The Kier molecular flexibility index (Phi) is 5.76. The number of aromatic nitrogens is 3. The van der Waals surface area contributed by atoms with E-state index >= 15 is 0 Å². The lowest BCUT2D eigenvalue weighted by Gasteiger charge is -2.08. The van der Waals surface area contributed by atoms with Gasteiger partial charge in [-0.1, -0.05) is 12.1 Å². The second kappa shape index (κ2) is 8.79. The zero-order valence-corrected chi connectivity index (χ0v) is 15.6. The molecule has 4 rings (SSSR count). The molecule has 0 saturated heterocycles. The summed E-state index contributed by atoms with van der Waals surface area (Å²) in [6, 6.07) is 12.6. The topological polar surface area (TPSA) is 60.0 Å². The van der Waals surface area contributed by atoms with Crippen LogP contribution in [0.1, 0.15) is 17.0 Å². The molecule has 0 aliphatic heterocycles. The van der Waals surface area contributed by atoms with E-state index in [2.05, 4.69) is 15.0 Å². The highest BCUT2D eigenvalue weighted by Gasteiger charge is 2.06. The van der Waals surface area contributed by atoms with Gasteiger partial charge in [-0.15, -0.1) is 0 Å². The van der Waals surface area contributed by atoms with E-state index in [0.29, 0.717) is 19.0 Å². The molecule has 29 heavy (non-hydrogen) atoms. The SMILES string of the molecule is Fc1ccc(F)c(COc2ccc(CCOCc3nc4ccncc4[nH]3)cc2)c1. The Morgan fingerprint density at radius 1 is 0.966 bits per heavy atom. The number of imidazole rings is 1. The van der Waals surface area contributed by atoms with Crippen LogP contribution in [-0.2, 0) is 24.4 Å². The molecule has 0 bridgehead atoms. The number of pyridine rings is 1. The summed E-state index contributed by atoms with van der Waals surface area (Å²) in [4.78, 5) is 11.7. The maximum Gasteiger partial charge on any atom is 0.133 e. The molecule has 0 atom stereocenters. The molecule has 7 heteroatoms. The van der Waals surface area contributed by atoms with Crippen LogP contribution in [0.15, 0.2) is 60.9 Å². The van der Waals surface area contributed by atoms with Crippen LogP contribution in [-0.4, -0.2) is 21.6 Å². The van der Waals surface area contributed by atoms with Gasteiger partial charge in [0.1, 0.15) is 36.4 Å². The molecule has 0 fully saturated rings. The molecular weight excluding hydrogens is 376 g/mol. The third kappa shape index (κ3) is 4.94. The van der Waals surface area contributed by atoms with Gasteiger partial charge in [0.2, 0.25) is 0 Å². The molecule has 0 unspecified atom stereocenters. The number of halogens is 2. The number of H-pyrrole nitrogens is 1. The van der Waals surface area contributed by atoms with Crippen molar-refractivity contribution in [3.8, 4) is 5.75 Å². The second-order valence-electron chi connectivity index (χ2n) is 6.55. The van der Waals surface area contributed by atoms with Gasteiger partial charge < -0.3 is 14.5 Å². The number of benzene rings is 2. The van der Waals surface area contributed by atoms with E-state index in [1.54, 1.807) is 24.5 Å². The van der Waals surface area contributed by atoms with Crippen LogP contribution in [0.4, 0.5) is 8.78 Å². The van der Waals surface area contributed by atoms with Crippen LogP contribution < -0.4 is 4.74 Å². The monoisotopic (exact) mass is 395 g/mol. The standard InChI is InChI=1S/C22H19F2N3O2/c23-17-3-6-19(24)16(11-17)13-29-18-4-1-15(2-5-18)8-10-28-14-22-26-20-7-9-25-12-21(20)27-22/h1-7,9,11-12H,8,10,13-14H2,(H,26,27). The van der Waals surface area contributed by atoms with E-state index < -0.39 is 11.6 Å². The fraction of sp³-hybridized carbons (Fsp3) is 0.182. The number of fused-ring (bicyclic) bond motifs is 1. The Balaban J connectivity index is 1.23. The van der Waals surface area contributed by atoms with E-state index in [4.69, 9.17) is 9.47 Å². The highest BCUT2D eigenvalue weighted by Crippen LogP contribution is 2.17. The molecule has 5 nitrogen and oxygen atoms in total. The molecule has 0 aliphatic rings. The van der Waals surface area contributed by atoms with Crippen molar-refractivity contribution in [1.29, 1.82) is 0 Å². The molecule has 2 aromatic heterocycles. The minimum atomic E-state index is -0.486. The third-order valence-electron chi connectivity index (χ3n) is 4.43. The summed E-state index contributed by atoms with van der Waals surface area (Å²) in [5.74, 6) is 0.385. The average molecular weight is 395 g/mol. The van der Waals surface area contributed by atoms with Gasteiger partial charge in [-0.05, 0) is 48.4 Å². The zero-order valence-electron chi connectivity index (χ0n) is 15.6. The average Bonchev–Trinajstić information content (AvgIpc) is 3.15. The first-order valence-corrected chi connectivity index (χ1v) is 9.19. The Morgan fingerprint density at radius 2 is 1.83 bits per heavy atom. The van der Waals surface area contributed by atoms with Gasteiger partial charge in [0.05, 0.1) is 23.8 Å². The summed E-state index contributed by atoms with van der Waals surface area (Å²) in [5.41, 5.74) is 3.03. The Bertz CT molecular complexity index is 1060. The van der Waals surface area contributed by atoms with E-state index in [1.165, 1.54) is 0 Å². The van der Waals surface area contributed by atoms with Gasteiger partial charge >= 0.3 is 0 Å². The van der Waals surface area contributed by atoms with E-state index in [-0.39, 0.29) is 12.2 Å². The van der Waals surface area contributed by atoms with Crippen LogP contribution in [0.2, 0.25) is 0 Å². The number of rotatable bonds is 8. The molecule has 1 N–H and O–H groups in total. The molecule has 0 aliphatic carbocycles. The molecular formula is C22H19F2N3O2. The Morgan fingerprint density at radius 3 is 2.66 bits per heavy atom. The van der Waals surface area contributed by atoms with Gasteiger partial charge in [-0.2, -0.15) is 0 Å². The van der Waals surface area contributed by atoms with Crippen molar-refractivity contribution in [2.45, 2.75) is 19.6 Å². The van der Waals surface area contributed by atoms with E-state index in [0.717, 1.165) is 47.0 Å². The molecule has 0 radical (unpaired) electrons. The summed E-state index contributed by atoms with van der Waals surface area (Å²) in [6.07, 6.45) is 4.18. The third-order valence-corrected chi connectivity index (χ3v) is 4.43. The quantitative estimate of drug-likeness (QED) is 0.444. The second-order valence-corrected chi connectivity index (χ2v) is 6.55. The Labute approximate surface area is 166 Å². The number of hydrogen-bond donors (Lipinski definition) is 1. The highest BCUT2D eigenvalue weighted by molar-refractivity contribution is 5.73. The van der Waals surface area contributed by atoms with Crippen LogP contribution in [0.3, 0.4) is 0 Å². The maximum absolute atomic E-state index is 13.6. The van der Waals surface area contributed by atoms with Crippen LogP contribution >= 0.6 is 0 Å². The number of nitrogens with one attached hydrogen (secondary N) is 1. The lowest BCUT2D eigenvalue weighted by Crippen LogP contribution is -2.01. The van der Waals surface area contributed by atoms with Crippen molar-refractivity contribution < 1.29 is 18.3 Å². The van der Waals surface area contributed by atoms with Crippen molar-refractivity contribution in [1.82, 2.24) is 15.0 Å². The number of nitrogens with zero attached hydrogens (tertiary/aromatic N) is 2. The molecule has 0 amide bonds. The normalized spacial score (nSPS) is 11.1. The number of aromatic amines is 1. The number of ether oxygens (including phenoxy) is 2. The summed E-state index contributed by atoms with van der Waals surface area (Å²) >= 11 is 0. The smallest absolute Gasteiger partial charge is 0.133 e. The summed E-state index contributed by atoms with van der Waals surface area (Å²) in [7, 11) is 0. The van der Waals surface area contributed by atoms with Gasteiger partial charge in [-0.25, -0.2) is 13.8 Å². The fourth-order valence-corrected chi connectivity index (χ4v) is 2.90. The first kappa shape index (κ1) is 19.0. The first-order valence-electron chi connectivity index (χ1n) is 9.19. The van der Waals surface area contributed by atoms with Gasteiger partial charge in [-0.3, -0.25) is 4.98 Å². The molecule has 4 aromatic rings. The predicted molar refractivity (Wildman–Crippen MR) is 104 cm³/mol. The van der Waals surface area contributed by atoms with Crippen LogP contribution in [0.5, 0.6) is 5.75 Å². The van der Waals surface area contributed by atoms with Crippen LogP contribution in [0.25, 0.3) is 11.0 Å². The van der Waals surface area contributed by atoms with Gasteiger partial charge in [0.25, 0.3) is 0 Å². The van der Waals surface area contributed by atoms with Gasteiger partial charge in [0.15, 0.2) is 0 Å². The molecule has 0 saturated carbocycles. The van der Waals surface area contributed by atoms with Crippen molar-refractivity contribution in [3.05, 3.63) is 89.5 Å². The van der Waals surface area contributed by atoms with E-state index in [1.807, 2.05) is 18.2 Å². The molecule has 2 heterocycles. The largest absolute Gasteiger partial charge is 0.489 e. The first-order chi connectivity index (χ1) is 14.2. The number of hydrogen-bond acceptors (Lipinski definition) is 4. The lowest BCUT2D eigenvalue weighted by molar-refractivity contribution is 0.119. The summed E-state index contributed by atoms with van der Waals surface area (Å²) < 4.78 is 38.0. The minimum absolute atomic E-state index is 0.0287. The lowest BCUT2D eigenvalue weighted by atomic mass is 10.1.